The number of ether oxygens (including phenoxy) is 3. The summed E-state index contributed by atoms with van der Waals surface area (Å²) in [4.78, 5) is 15.5. The van der Waals surface area contributed by atoms with Gasteiger partial charge in [-0.25, -0.2) is 0 Å². The Morgan fingerprint density at radius 2 is 1.68 bits per heavy atom. The first kappa shape index (κ1) is 26.4. The second kappa shape index (κ2) is 12.1. The first-order valence-corrected chi connectivity index (χ1v) is 14.3. The highest BCUT2D eigenvalue weighted by molar-refractivity contribution is 5.83. The Morgan fingerprint density at radius 3 is 2.50 bits per heavy atom. The van der Waals surface area contributed by atoms with Crippen molar-refractivity contribution in [3.05, 3.63) is 99.8 Å². The summed E-state index contributed by atoms with van der Waals surface area (Å²) in [6, 6.07) is 24.6. The lowest BCUT2D eigenvalue weighted by Gasteiger charge is -2.32. The van der Waals surface area contributed by atoms with E-state index in [0.717, 1.165) is 78.3 Å². The molecular formula is C33H37N3O4. The summed E-state index contributed by atoms with van der Waals surface area (Å²) < 4.78 is 19.3. The highest BCUT2D eigenvalue weighted by atomic mass is 16.6. The molecule has 3 heterocycles. The molecule has 40 heavy (non-hydrogen) atoms. The Hall–Kier alpha value is -3.81. The number of nitrogens with zero attached hydrogens (tertiary/aromatic N) is 2. The van der Waals surface area contributed by atoms with Crippen LogP contribution in [0.15, 0.2) is 77.6 Å². The molecule has 208 valence electrons. The van der Waals surface area contributed by atoms with Crippen molar-refractivity contribution in [3.63, 3.8) is 0 Å². The van der Waals surface area contributed by atoms with E-state index in [4.69, 9.17) is 14.2 Å². The molecular weight excluding hydrogens is 502 g/mol. The lowest BCUT2D eigenvalue weighted by Crippen LogP contribution is -2.43. The van der Waals surface area contributed by atoms with E-state index in [-0.39, 0.29) is 5.56 Å². The third-order valence-electron chi connectivity index (χ3n) is 7.97. The minimum absolute atomic E-state index is 0.0428. The smallest absolute Gasteiger partial charge is 0.251 e. The van der Waals surface area contributed by atoms with Crippen LogP contribution in [0.25, 0.3) is 10.9 Å². The van der Waals surface area contributed by atoms with Crippen molar-refractivity contribution < 1.29 is 14.2 Å². The molecule has 6 rings (SSSR count). The van der Waals surface area contributed by atoms with Gasteiger partial charge in [0.15, 0.2) is 11.5 Å². The van der Waals surface area contributed by atoms with Crippen LogP contribution in [0.4, 0.5) is 0 Å². The fourth-order valence-corrected chi connectivity index (χ4v) is 5.65. The first-order chi connectivity index (χ1) is 19.6. The highest BCUT2D eigenvalue weighted by Crippen LogP contribution is 2.31. The Kier molecular flexibility index (Phi) is 8.02. The van der Waals surface area contributed by atoms with Crippen LogP contribution < -0.4 is 25.1 Å². The van der Waals surface area contributed by atoms with Crippen LogP contribution >= 0.6 is 0 Å². The molecule has 0 radical (unpaired) electrons. The number of piperidine rings is 1. The second-order valence-electron chi connectivity index (χ2n) is 10.7. The fraction of sp³-hybridized carbons (Fsp3) is 0.364. The number of rotatable bonds is 9. The normalized spacial score (nSPS) is 15.8. The van der Waals surface area contributed by atoms with Crippen LogP contribution in [-0.2, 0) is 19.7 Å². The molecule has 1 N–H and O–H groups in total. The van der Waals surface area contributed by atoms with Gasteiger partial charge < -0.3 is 29.0 Å². The minimum Gasteiger partial charge on any atom is -0.489 e. The number of aryl methyl sites for hydroxylation is 1. The molecule has 1 saturated heterocycles. The predicted octanol–water partition coefficient (Wildman–Crippen LogP) is 4.91. The molecule has 1 aromatic heterocycles. The molecule has 0 aliphatic carbocycles. The maximum Gasteiger partial charge on any atom is 0.251 e. The maximum absolute atomic E-state index is 13.1. The lowest BCUT2D eigenvalue weighted by molar-refractivity contribution is 0.171. The molecule has 0 bridgehead atoms. The number of benzene rings is 3. The van der Waals surface area contributed by atoms with Gasteiger partial charge in [0.05, 0.1) is 5.52 Å². The Labute approximate surface area is 235 Å². The SMILES string of the molecule is Cc1cc(=O)n(CCN2CCC(NCc3ccc4c(c3)OCCO4)CC2)c2cc(OCc3ccccc3)ccc12. The van der Waals surface area contributed by atoms with Gasteiger partial charge in [0, 0.05) is 43.2 Å². The van der Waals surface area contributed by atoms with Crippen molar-refractivity contribution in [2.24, 2.45) is 0 Å². The van der Waals surface area contributed by atoms with Gasteiger partial charge in [-0.3, -0.25) is 4.79 Å². The molecule has 7 nitrogen and oxygen atoms in total. The second-order valence-corrected chi connectivity index (χ2v) is 10.7. The average Bonchev–Trinajstić information content (AvgIpc) is 2.99. The zero-order valence-corrected chi connectivity index (χ0v) is 23.1. The highest BCUT2D eigenvalue weighted by Gasteiger charge is 2.20. The molecule has 2 aliphatic heterocycles. The number of pyridine rings is 1. The maximum atomic E-state index is 13.1. The third-order valence-corrected chi connectivity index (χ3v) is 7.97. The molecule has 2 aliphatic rings. The Bertz CT molecular complexity index is 1510. The number of hydrogen-bond donors (Lipinski definition) is 1. The van der Waals surface area contributed by atoms with Crippen LogP contribution in [-0.4, -0.2) is 48.4 Å². The van der Waals surface area contributed by atoms with Crippen LogP contribution in [0, 0.1) is 6.92 Å². The first-order valence-electron chi connectivity index (χ1n) is 14.3. The van der Waals surface area contributed by atoms with Gasteiger partial charge in [-0.15, -0.1) is 0 Å². The van der Waals surface area contributed by atoms with Crippen molar-refractivity contribution in [3.8, 4) is 17.2 Å². The van der Waals surface area contributed by atoms with Crippen LogP contribution in [0.2, 0.25) is 0 Å². The molecule has 0 spiro atoms. The van der Waals surface area contributed by atoms with Crippen molar-refractivity contribution in [1.29, 1.82) is 0 Å². The van der Waals surface area contributed by atoms with Gasteiger partial charge in [0.25, 0.3) is 5.56 Å². The average molecular weight is 540 g/mol. The van der Waals surface area contributed by atoms with Crippen molar-refractivity contribution >= 4 is 10.9 Å². The summed E-state index contributed by atoms with van der Waals surface area (Å²) >= 11 is 0. The fourth-order valence-electron chi connectivity index (χ4n) is 5.65. The monoisotopic (exact) mass is 539 g/mol. The minimum atomic E-state index is 0.0428. The van der Waals surface area contributed by atoms with Gasteiger partial charge in [0.1, 0.15) is 25.6 Å². The molecule has 0 unspecified atom stereocenters. The molecule has 7 heteroatoms. The zero-order chi connectivity index (χ0) is 27.3. The molecule has 3 aromatic carbocycles. The number of aromatic nitrogens is 1. The lowest BCUT2D eigenvalue weighted by atomic mass is 10.0. The summed E-state index contributed by atoms with van der Waals surface area (Å²) in [5.41, 5.74) is 4.31. The Morgan fingerprint density at radius 1 is 0.875 bits per heavy atom. The van der Waals surface area contributed by atoms with Gasteiger partial charge in [-0.1, -0.05) is 36.4 Å². The van der Waals surface area contributed by atoms with E-state index >= 15 is 0 Å². The van der Waals surface area contributed by atoms with Crippen molar-refractivity contribution in [1.82, 2.24) is 14.8 Å². The van der Waals surface area contributed by atoms with Gasteiger partial charge in [-0.05, 0) is 73.8 Å². The van der Waals surface area contributed by atoms with Crippen molar-refractivity contribution in [2.75, 3.05) is 32.8 Å². The number of fused-ring (bicyclic) bond motifs is 2. The molecule has 1 fully saturated rings. The van der Waals surface area contributed by atoms with Gasteiger partial charge in [0.2, 0.25) is 0 Å². The van der Waals surface area contributed by atoms with Crippen LogP contribution in [0.3, 0.4) is 0 Å². The summed E-state index contributed by atoms with van der Waals surface area (Å²) in [6.07, 6.45) is 2.18. The third kappa shape index (κ3) is 6.16. The van der Waals surface area contributed by atoms with E-state index in [2.05, 4.69) is 40.5 Å². The largest absolute Gasteiger partial charge is 0.489 e. The van der Waals surface area contributed by atoms with Crippen LogP contribution in [0.5, 0.6) is 17.2 Å². The number of nitrogens with one attached hydrogen (secondary N) is 1. The van der Waals surface area contributed by atoms with Gasteiger partial charge in [-0.2, -0.15) is 0 Å². The predicted molar refractivity (Wildman–Crippen MR) is 157 cm³/mol. The standard InChI is InChI=1S/C33H37N3O4/c1-24-19-33(37)36(30-21-28(8-9-29(24)30)40-23-25-5-3-2-4-6-25)16-15-35-13-11-27(12-14-35)34-22-26-7-10-31-32(20-26)39-18-17-38-31/h2-10,19-21,27,34H,11-18,22-23H2,1H3. The summed E-state index contributed by atoms with van der Waals surface area (Å²) in [6.45, 7) is 8.08. The zero-order valence-electron chi connectivity index (χ0n) is 23.1. The van der Waals surface area contributed by atoms with E-state index in [1.54, 1.807) is 6.07 Å². The molecule has 4 aromatic rings. The van der Waals surface area contributed by atoms with E-state index in [1.807, 2.05) is 47.9 Å². The number of hydrogen-bond acceptors (Lipinski definition) is 6. The Balaban J connectivity index is 1.04. The summed E-state index contributed by atoms with van der Waals surface area (Å²) in [5.74, 6) is 2.45. The summed E-state index contributed by atoms with van der Waals surface area (Å²) in [5, 5.41) is 4.81. The molecule has 0 atom stereocenters. The van der Waals surface area contributed by atoms with Crippen LogP contribution in [0.1, 0.15) is 29.5 Å². The van der Waals surface area contributed by atoms with E-state index in [1.165, 1.54) is 5.56 Å². The molecule has 0 amide bonds. The van der Waals surface area contributed by atoms with Gasteiger partial charge >= 0.3 is 0 Å². The topological polar surface area (TPSA) is 65.0 Å². The quantitative estimate of drug-likeness (QED) is 0.326. The van der Waals surface area contributed by atoms with E-state index in [9.17, 15) is 4.79 Å². The van der Waals surface area contributed by atoms with E-state index < -0.39 is 0 Å². The molecule has 0 saturated carbocycles. The summed E-state index contributed by atoms with van der Waals surface area (Å²) in [7, 11) is 0. The number of likely N-dealkylation sites (tertiary alicyclic amines) is 1. The van der Waals surface area contributed by atoms with E-state index in [0.29, 0.717) is 32.4 Å². The van der Waals surface area contributed by atoms with Crippen molar-refractivity contribution in [2.45, 2.75) is 45.5 Å².